The van der Waals surface area contributed by atoms with Crippen molar-refractivity contribution in [3.63, 3.8) is 0 Å². The van der Waals surface area contributed by atoms with Crippen LogP contribution in [0, 0.1) is 0 Å². The van der Waals surface area contributed by atoms with Crippen molar-refractivity contribution in [2.24, 2.45) is 0 Å². The highest BCUT2D eigenvalue weighted by Crippen LogP contribution is 2.42. The van der Waals surface area contributed by atoms with Gasteiger partial charge in [0.2, 0.25) is 5.91 Å². The molecule has 8 nitrogen and oxygen atoms in total. The van der Waals surface area contributed by atoms with Gasteiger partial charge in [-0.25, -0.2) is 0 Å². The maximum Gasteiger partial charge on any atom is 0.257 e. The van der Waals surface area contributed by atoms with E-state index in [4.69, 9.17) is 14.2 Å². The van der Waals surface area contributed by atoms with Crippen LogP contribution in [0.25, 0.3) is 0 Å². The third-order valence-electron chi connectivity index (χ3n) is 6.84. The Morgan fingerprint density at radius 2 is 1.68 bits per heavy atom. The summed E-state index contributed by atoms with van der Waals surface area (Å²) in [5, 5.41) is 0. The van der Waals surface area contributed by atoms with Crippen molar-refractivity contribution in [2.75, 3.05) is 54.1 Å². The van der Waals surface area contributed by atoms with Crippen LogP contribution >= 0.6 is 0 Å². The number of nitrogens with zero attached hydrogens (tertiary/aromatic N) is 3. The highest BCUT2D eigenvalue weighted by molar-refractivity contribution is 5.99. The zero-order valence-electron chi connectivity index (χ0n) is 18.8. The number of carbonyl (C=O) groups is 2. The quantitative estimate of drug-likeness (QED) is 0.726. The van der Waals surface area contributed by atoms with E-state index in [-0.39, 0.29) is 18.4 Å². The number of ether oxygens (including phenoxy) is 3. The van der Waals surface area contributed by atoms with Crippen LogP contribution in [0.15, 0.2) is 18.2 Å². The van der Waals surface area contributed by atoms with Gasteiger partial charge in [0.15, 0.2) is 11.5 Å². The van der Waals surface area contributed by atoms with Crippen molar-refractivity contribution in [2.45, 2.75) is 43.9 Å². The molecule has 1 unspecified atom stereocenters. The molecule has 2 aliphatic heterocycles. The van der Waals surface area contributed by atoms with Gasteiger partial charge in [-0.15, -0.1) is 0 Å². The lowest BCUT2D eigenvalue weighted by molar-refractivity contribution is -0.138. The molecule has 0 bridgehead atoms. The summed E-state index contributed by atoms with van der Waals surface area (Å²) in [6, 6.07) is 4.55. The van der Waals surface area contributed by atoms with Crippen molar-refractivity contribution in [3.8, 4) is 11.5 Å². The molecule has 2 saturated heterocycles. The van der Waals surface area contributed by atoms with Crippen LogP contribution in [0.1, 0.15) is 42.5 Å². The first-order chi connectivity index (χ1) is 15.0. The van der Waals surface area contributed by atoms with E-state index in [0.29, 0.717) is 30.2 Å². The molecule has 2 heterocycles. The fourth-order valence-corrected chi connectivity index (χ4v) is 5.01. The molecule has 1 saturated carbocycles. The second kappa shape index (κ2) is 9.04. The minimum absolute atomic E-state index is 0.00984. The highest BCUT2D eigenvalue weighted by Gasteiger charge is 2.53. The van der Waals surface area contributed by atoms with Gasteiger partial charge >= 0.3 is 0 Å². The molecule has 3 aliphatic rings. The van der Waals surface area contributed by atoms with Crippen LogP contribution in [0.5, 0.6) is 11.5 Å². The molecule has 4 rings (SSSR count). The molecule has 1 aromatic rings. The number of amides is 2. The topological polar surface area (TPSA) is 71.6 Å². The van der Waals surface area contributed by atoms with Gasteiger partial charge in [-0.05, 0) is 50.9 Å². The molecule has 0 N–H and O–H groups in total. The molecule has 31 heavy (non-hydrogen) atoms. The summed E-state index contributed by atoms with van der Waals surface area (Å²) in [7, 11) is 5.17. The minimum atomic E-state index is -0.699. The number of methoxy groups -OCH3 is 2. The molecular formula is C23H33N3O5. The lowest BCUT2D eigenvalue weighted by atomic mass is 9.89. The second-order valence-electron chi connectivity index (χ2n) is 8.71. The second-order valence-corrected chi connectivity index (χ2v) is 8.71. The van der Waals surface area contributed by atoms with E-state index < -0.39 is 11.8 Å². The van der Waals surface area contributed by atoms with E-state index in [2.05, 4.69) is 11.9 Å². The van der Waals surface area contributed by atoms with Crippen LogP contribution in [0.2, 0.25) is 0 Å². The van der Waals surface area contributed by atoms with Crippen molar-refractivity contribution >= 4 is 11.8 Å². The first-order valence-electron chi connectivity index (χ1n) is 11.2. The lowest BCUT2D eigenvalue weighted by Crippen LogP contribution is -2.58. The Kier molecular flexibility index (Phi) is 6.39. The molecule has 0 aromatic heterocycles. The summed E-state index contributed by atoms with van der Waals surface area (Å²) < 4.78 is 17.0. The van der Waals surface area contributed by atoms with E-state index in [0.717, 1.165) is 45.2 Å². The Labute approximate surface area is 184 Å². The monoisotopic (exact) mass is 431 g/mol. The summed E-state index contributed by atoms with van der Waals surface area (Å²) in [5.74, 6) is 0.861. The largest absolute Gasteiger partial charge is 0.493 e. The number of piperazine rings is 1. The SMILES string of the molecule is COc1ccc(C(=O)N2C(C(=O)N3CCN(C)CC3)COC23CCCCC3)cc1OC. The fraction of sp³-hybridized carbons (Fsp3) is 0.652. The Balaban J connectivity index is 1.65. The average Bonchev–Trinajstić information content (AvgIpc) is 3.16. The molecular weight excluding hydrogens is 398 g/mol. The number of hydrogen-bond donors (Lipinski definition) is 0. The highest BCUT2D eigenvalue weighted by atomic mass is 16.5. The van der Waals surface area contributed by atoms with Crippen LogP contribution in [0.3, 0.4) is 0 Å². The molecule has 8 heteroatoms. The van der Waals surface area contributed by atoms with Crippen LogP contribution in [0.4, 0.5) is 0 Å². The predicted molar refractivity (Wildman–Crippen MR) is 115 cm³/mol. The van der Waals surface area contributed by atoms with Gasteiger partial charge in [0.1, 0.15) is 11.8 Å². The zero-order chi connectivity index (χ0) is 22.0. The van der Waals surface area contributed by atoms with Crippen molar-refractivity contribution in [3.05, 3.63) is 23.8 Å². The van der Waals surface area contributed by atoms with Crippen molar-refractivity contribution in [1.82, 2.24) is 14.7 Å². The van der Waals surface area contributed by atoms with Gasteiger partial charge in [-0.3, -0.25) is 14.5 Å². The molecule has 1 spiro atoms. The molecule has 3 fully saturated rings. The normalized spacial score (nSPS) is 23.8. The number of rotatable bonds is 4. The third kappa shape index (κ3) is 4.11. The number of likely N-dealkylation sites (N-methyl/N-ethyl adjacent to an activating group) is 1. The Morgan fingerprint density at radius 1 is 1.00 bits per heavy atom. The molecule has 1 atom stereocenters. The van der Waals surface area contributed by atoms with E-state index in [1.54, 1.807) is 37.3 Å². The summed E-state index contributed by atoms with van der Waals surface area (Å²) in [6.45, 7) is 3.29. The van der Waals surface area contributed by atoms with Gasteiger partial charge in [0, 0.05) is 31.7 Å². The maximum atomic E-state index is 13.8. The first-order valence-corrected chi connectivity index (χ1v) is 11.2. The smallest absolute Gasteiger partial charge is 0.257 e. The zero-order valence-corrected chi connectivity index (χ0v) is 18.8. The van der Waals surface area contributed by atoms with Crippen molar-refractivity contribution < 1.29 is 23.8 Å². The fourth-order valence-electron chi connectivity index (χ4n) is 5.01. The van der Waals surface area contributed by atoms with Gasteiger partial charge < -0.3 is 24.0 Å². The van der Waals surface area contributed by atoms with Gasteiger partial charge in [-0.1, -0.05) is 6.42 Å². The van der Waals surface area contributed by atoms with E-state index >= 15 is 0 Å². The third-order valence-corrected chi connectivity index (χ3v) is 6.84. The minimum Gasteiger partial charge on any atom is -0.493 e. The first kappa shape index (κ1) is 21.9. The van der Waals surface area contributed by atoms with E-state index in [9.17, 15) is 9.59 Å². The molecule has 170 valence electrons. The van der Waals surface area contributed by atoms with Crippen LogP contribution in [-0.2, 0) is 9.53 Å². The Morgan fingerprint density at radius 3 is 2.32 bits per heavy atom. The number of hydrogen-bond acceptors (Lipinski definition) is 6. The summed E-state index contributed by atoms with van der Waals surface area (Å²) in [4.78, 5) is 33.1. The Bertz CT molecular complexity index is 815. The molecule has 2 amide bonds. The average molecular weight is 432 g/mol. The molecule has 1 aromatic carbocycles. The van der Waals surface area contributed by atoms with Crippen LogP contribution in [-0.4, -0.2) is 92.3 Å². The van der Waals surface area contributed by atoms with E-state index in [1.165, 1.54) is 0 Å². The molecule has 1 aliphatic carbocycles. The number of benzene rings is 1. The maximum absolute atomic E-state index is 13.8. The van der Waals surface area contributed by atoms with Gasteiger partial charge in [-0.2, -0.15) is 0 Å². The Hall–Kier alpha value is -2.32. The van der Waals surface area contributed by atoms with Gasteiger partial charge in [0.25, 0.3) is 5.91 Å². The standard InChI is InChI=1S/C23H33N3O5/c1-24-11-13-25(14-12-24)22(28)18-16-31-23(9-5-4-6-10-23)26(18)21(27)17-7-8-19(29-2)20(15-17)30-3/h7-8,15,18H,4-6,9-14,16H2,1-3H3. The summed E-state index contributed by atoms with van der Waals surface area (Å²) in [5.41, 5.74) is -0.223. The van der Waals surface area contributed by atoms with Crippen LogP contribution < -0.4 is 9.47 Å². The number of carbonyl (C=O) groups excluding carboxylic acids is 2. The predicted octanol–water partition coefficient (Wildman–Crippen LogP) is 1.98. The summed E-state index contributed by atoms with van der Waals surface area (Å²) in [6.07, 6.45) is 4.63. The molecule has 0 radical (unpaired) electrons. The van der Waals surface area contributed by atoms with Gasteiger partial charge in [0.05, 0.1) is 20.8 Å². The van der Waals surface area contributed by atoms with Crippen molar-refractivity contribution in [1.29, 1.82) is 0 Å². The van der Waals surface area contributed by atoms with E-state index in [1.807, 2.05) is 4.90 Å². The summed E-state index contributed by atoms with van der Waals surface area (Å²) >= 11 is 0. The lowest BCUT2D eigenvalue weighted by Gasteiger charge is -2.42.